The molecule has 1 N–H and O–H groups in total. The van der Waals surface area contributed by atoms with Gasteiger partial charge in [-0.25, -0.2) is 0 Å². The van der Waals surface area contributed by atoms with Crippen LogP contribution in [-0.4, -0.2) is 6.04 Å². The molecule has 1 aliphatic carbocycles. The van der Waals surface area contributed by atoms with E-state index in [1.807, 2.05) is 0 Å². The van der Waals surface area contributed by atoms with E-state index in [9.17, 15) is 0 Å². The van der Waals surface area contributed by atoms with Gasteiger partial charge < -0.3 is 5.32 Å². The highest BCUT2D eigenvalue weighted by Crippen LogP contribution is 2.47. The number of benzene rings is 1. The molecular formula is C14H21N. The molecule has 1 aliphatic rings. The van der Waals surface area contributed by atoms with E-state index in [0.29, 0.717) is 11.5 Å². The predicted molar refractivity (Wildman–Crippen MR) is 64.8 cm³/mol. The van der Waals surface area contributed by atoms with Gasteiger partial charge in [0.2, 0.25) is 0 Å². The highest BCUT2D eigenvalue weighted by Gasteiger charge is 2.41. The van der Waals surface area contributed by atoms with Crippen LogP contribution in [0.1, 0.15) is 37.8 Å². The minimum absolute atomic E-state index is 0.573. The number of rotatable bonds is 4. The minimum atomic E-state index is 0.573. The fourth-order valence-corrected chi connectivity index (χ4v) is 1.97. The number of nitrogens with one attached hydrogen (secondary N) is 1. The molecule has 15 heavy (non-hydrogen) atoms. The summed E-state index contributed by atoms with van der Waals surface area (Å²) in [6.45, 7) is 7.83. The zero-order valence-corrected chi connectivity index (χ0v) is 10.0. The summed E-state index contributed by atoms with van der Waals surface area (Å²) in [5.41, 5.74) is 3.31. The summed E-state index contributed by atoms with van der Waals surface area (Å²) < 4.78 is 0. The molecule has 1 fully saturated rings. The molecule has 1 aromatic carbocycles. The maximum absolute atomic E-state index is 3.63. The van der Waals surface area contributed by atoms with Crippen molar-refractivity contribution in [3.8, 4) is 0 Å². The summed E-state index contributed by atoms with van der Waals surface area (Å²) in [7, 11) is 0. The van der Waals surface area contributed by atoms with Crippen molar-refractivity contribution in [3.05, 3.63) is 35.4 Å². The Bertz CT molecular complexity index is 339. The zero-order valence-electron chi connectivity index (χ0n) is 10.0. The van der Waals surface area contributed by atoms with Gasteiger partial charge in [-0.1, -0.05) is 36.8 Å². The van der Waals surface area contributed by atoms with Crippen molar-refractivity contribution < 1.29 is 0 Å². The Labute approximate surface area is 92.9 Å². The molecule has 1 heteroatoms. The fraction of sp³-hybridized carbons (Fsp3) is 0.571. The molecule has 1 saturated carbocycles. The topological polar surface area (TPSA) is 12.0 Å². The second-order valence-electron chi connectivity index (χ2n) is 5.25. The van der Waals surface area contributed by atoms with Crippen molar-refractivity contribution in [1.82, 2.24) is 5.32 Å². The molecule has 1 atom stereocenters. The van der Waals surface area contributed by atoms with Gasteiger partial charge in [-0.3, -0.25) is 0 Å². The SMILES string of the molecule is Cc1cccc(CNC(C)C2(C)CC2)c1. The molecule has 2 rings (SSSR count). The zero-order chi connectivity index (χ0) is 10.9. The van der Waals surface area contributed by atoms with E-state index in [2.05, 4.69) is 50.4 Å². The fourth-order valence-electron chi connectivity index (χ4n) is 1.97. The second kappa shape index (κ2) is 3.97. The van der Waals surface area contributed by atoms with E-state index in [0.717, 1.165) is 6.54 Å². The third-order valence-corrected chi connectivity index (χ3v) is 3.78. The quantitative estimate of drug-likeness (QED) is 0.792. The van der Waals surface area contributed by atoms with Crippen molar-refractivity contribution in [1.29, 1.82) is 0 Å². The van der Waals surface area contributed by atoms with Crippen molar-refractivity contribution in [2.24, 2.45) is 5.41 Å². The normalized spacial score (nSPS) is 19.9. The molecule has 1 unspecified atom stereocenters. The van der Waals surface area contributed by atoms with Gasteiger partial charge in [0.1, 0.15) is 0 Å². The lowest BCUT2D eigenvalue weighted by molar-refractivity contribution is 0.380. The van der Waals surface area contributed by atoms with Crippen LogP contribution >= 0.6 is 0 Å². The Hall–Kier alpha value is -0.820. The van der Waals surface area contributed by atoms with E-state index < -0.39 is 0 Å². The number of aryl methyl sites for hydroxylation is 1. The van der Waals surface area contributed by atoms with Gasteiger partial charge in [-0.2, -0.15) is 0 Å². The van der Waals surface area contributed by atoms with Crippen LogP contribution in [0.15, 0.2) is 24.3 Å². The first kappa shape index (κ1) is 10.7. The van der Waals surface area contributed by atoms with Crippen LogP contribution in [0.5, 0.6) is 0 Å². The van der Waals surface area contributed by atoms with Gasteiger partial charge in [0.15, 0.2) is 0 Å². The van der Waals surface area contributed by atoms with Crippen molar-refractivity contribution in [2.75, 3.05) is 0 Å². The van der Waals surface area contributed by atoms with Gasteiger partial charge >= 0.3 is 0 Å². The van der Waals surface area contributed by atoms with Gasteiger partial charge in [0.05, 0.1) is 0 Å². The first-order valence-electron chi connectivity index (χ1n) is 5.89. The Morgan fingerprint density at radius 3 is 2.73 bits per heavy atom. The Balaban J connectivity index is 1.87. The van der Waals surface area contributed by atoms with Crippen LogP contribution in [0.3, 0.4) is 0 Å². The largest absolute Gasteiger partial charge is 0.310 e. The summed E-state index contributed by atoms with van der Waals surface area (Å²) in [5, 5.41) is 3.63. The second-order valence-corrected chi connectivity index (χ2v) is 5.25. The summed E-state index contributed by atoms with van der Waals surface area (Å²) in [6.07, 6.45) is 2.77. The molecule has 1 nitrogen and oxygen atoms in total. The van der Waals surface area contributed by atoms with Crippen molar-refractivity contribution in [2.45, 2.75) is 46.2 Å². The minimum Gasteiger partial charge on any atom is -0.310 e. The number of hydrogen-bond acceptors (Lipinski definition) is 1. The molecule has 0 amide bonds. The Morgan fingerprint density at radius 1 is 1.40 bits per heavy atom. The molecule has 82 valence electrons. The lowest BCUT2D eigenvalue weighted by Crippen LogP contribution is -2.32. The lowest BCUT2D eigenvalue weighted by atomic mass is 10.0. The molecule has 0 bridgehead atoms. The third kappa shape index (κ3) is 2.60. The standard InChI is InChI=1S/C14H21N/c1-11-5-4-6-13(9-11)10-15-12(2)14(3)7-8-14/h4-6,9,12,15H,7-8,10H2,1-3H3. The van der Waals surface area contributed by atoms with E-state index in [1.165, 1.54) is 24.0 Å². The van der Waals surface area contributed by atoms with Crippen LogP contribution < -0.4 is 5.32 Å². The van der Waals surface area contributed by atoms with Crippen LogP contribution in [0, 0.1) is 12.3 Å². The third-order valence-electron chi connectivity index (χ3n) is 3.78. The highest BCUT2D eigenvalue weighted by atomic mass is 14.9. The van der Waals surface area contributed by atoms with E-state index in [1.54, 1.807) is 0 Å². The summed E-state index contributed by atoms with van der Waals surface area (Å²) >= 11 is 0. The molecule has 1 aromatic rings. The molecule has 0 saturated heterocycles. The number of hydrogen-bond donors (Lipinski definition) is 1. The maximum Gasteiger partial charge on any atom is 0.0208 e. The predicted octanol–water partition coefficient (Wildman–Crippen LogP) is 3.27. The van der Waals surface area contributed by atoms with Crippen LogP contribution in [0.2, 0.25) is 0 Å². The smallest absolute Gasteiger partial charge is 0.0208 e. The average Bonchev–Trinajstić information content (AvgIpc) is 2.94. The summed E-state index contributed by atoms with van der Waals surface area (Å²) in [5.74, 6) is 0. The maximum atomic E-state index is 3.63. The van der Waals surface area contributed by atoms with Gasteiger partial charge in [-0.05, 0) is 37.7 Å². The summed E-state index contributed by atoms with van der Waals surface area (Å²) in [6, 6.07) is 9.38. The summed E-state index contributed by atoms with van der Waals surface area (Å²) in [4.78, 5) is 0. The first-order chi connectivity index (χ1) is 7.10. The Kier molecular flexibility index (Phi) is 2.83. The molecule has 0 heterocycles. The average molecular weight is 203 g/mol. The first-order valence-corrected chi connectivity index (χ1v) is 5.89. The molecular weight excluding hydrogens is 182 g/mol. The molecule has 0 radical (unpaired) electrons. The van der Waals surface area contributed by atoms with E-state index in [-0.39, 0.29) is 0 Å². The van der Waals surface area contributed by atoms with Gasteiger partial charge in [0.25, 0.3) is 0 Å². The highest BCUT2D eigenvalue weighted by molar-refractivity contribution is 5.22. The van der Waals surface area contributed by atoms with Gasteiger partial charge in [-0.15, -0.1) is 0 Å². The van der Waals surface area contributed by atoms with E-state index in [4.69, 9.17) is 0 Å². The molecule has 0 aliphatic heterocycles. The van der Waals surface area contributed by atoms with Crippen LogP contribution in [0.4, 0.5) is 0 Å². The molecule has 0 aromatic heterocycles. The van der Waals surface area contributed by atoms with Gasteiger partial charge in [0, 0.05) is 12.6 Å². The van der Waals surface area contributed by atoms with Crippen molar-refractivity contribution in [3.63, 3.8) is 0 Å². The monoisotopic (exact) mass is 203 g/mol. The van der Waals surface area contributed by atoms with Crippen LogP contribution in [-0.2, 0) is 6.54 Å². The molecule has 0 spiro atoms. The lowest BCUT2D eigenvalue weighted by Gasteiger charge is -2.20. The van der Waals surface area contributed by atoms with Crippen molar-refractivity contribution >= 4 is 0 Å². The van der Waals surface area contributed by atoms with Crippen LogP contribution in [0.25, 0.3) is 0 Å². The Morgan fingerprint density at radius 2 is 2.13 bits per heavy atom. The van der Waals surface area contributed by atoms with E-state index >= 15 is 0 Å².